The highest BCUT2D eigenvalue weighted by Gasteiger charge is 2.04. The third-order valence-electron chi connectivity index (χ3n) is 2.38. The standard InChI is InChI=1S/C10H22O7S2/c11-18(12,13)9-5-1-3-7-17-8-4-2-6-10-19(14,15)16/h1-10H2,(H,11,12,13)(H,14,15,16). The molecule has 0 aliphatic heterocycles. The Labute approximate surface area is 114 Å². The molecule has 0 atom stereocenters. The van der Waals surface area contributed by atoms with Crippen LogP contribution in [0, 0.1) is 0 Å². The highest BCUT2D eigenvalue weighted by atomic mass is 32.2. The third-order valence-corrected chi connectivity index (χ3v) is 3.99. The Balaban J connectivity index is 3.20. The molecule has 0 aromatic carbocycles. The Morgan fingerprint density at radius 3 is 1.32 bits per heavy atom. The van der Waals surface area contributed by atoms with Gasteiger partial charge in [0.25, 0.3) is 20.2 Å². The number of hydrogen-bond donors (Lipinski definition) is 2. The summed E-state index contributed by atoms with van der Waals surface area (Å²) < 4.78 is 63.8. The van der Waals surface area contributed by atoms with E-state index in [4.69, 9.17) is 13.8 Å². The SMILES string of the molecule is O=S(=O)(O)CCCCCOCCCCCS(=O)(=O)O. The molecule has 2 N–H and O–H groups in total. The minimum absolute atomic E-state index is 0.220. The molecule has 0 saturated heterocycles. The summed E-state index contributed by atoms with van der Waals surface area (Å²) in [6.07, 6.45) is 3.61. The summed E-state index contributed by atoms with van der Waals surface area (Å²) in [6, 6.07) is 0. The zero-order valence-electron chi connectivity index (χ0n) is 10.8. The highest BCUT2D eigenvalue weighted by molar-refractivity contribution is 7.86. The second kappa shape index (κ2) is 9.65. The molecular weight excluding hydrogens is 296 g/mol. The lowest BCUT2D eigenvalue weighted by atomic mass is 10.2. The Hall–Kier alpha value is -0.220. The Morgan fingerprint density at radius 2 is 1.00 bits per heavy atom. The summed E-state index contributed by atoms with van der Waals surface area (Å²) in [5, 5.41) is 0. The van der Waals surface area contributed by atoms with Crippen molar-refractivity contribution in [2.75, 3.05) is 24.7 Å². The molecule has 9 heteroatoms. The normalized spacial score (nSPS) is 12.7. The van der Waals surface area contributed by atoms with E-state index in [0.717, 1.165) is 12.8 Å². The van der Waals surface area contributed by atoms with Gasteiger partial charge in [-0.2, -0.15) is 16.8 Å². The van der Waals surface area contributed by atoms with E-state index in [1.54, 1.807) is 0 Å². The van der Waals surface area contributed by atoms with E-state index in [2.05, 4.69) is 0 Å². The molecule has 0 saturated carbocycles. The number of unbranched alkanes of at least 4 members (excludes halogenated alkanes) is 4. The topological polar surface area (TPSA) is 118 Å². The molecule has 0 heterocycles. The second-order valence-corrected chi connectivity index (χ2v) is 7.45. The minimum Gasteiger partial charge on any atom is -0.381 e. The maximum absolute atomic E-state index is 10.4. The molecule has 19 heavy (non-hydrogen) atoms. The first-order chi connectivity index (χ1) is 8.71. The molecule has 0 fully saturated rings. The Morgan fingerprint density at radius 1 is 0.632 bits per heavy atom. The summed E-state index contributed by atoms with van der Waals surface area (Å²) >= 11 is 0. The van der Waals surface area contributed by atoms with Gasteiger partial charge in [0, 0.05) is 13.2 Å². The maximum atomic E-state index is 10.4. The maximum Gasteiger partial charge on any atom is 0.264 e. The van der Waals surface area contributed by atoms with Gasteiger partial charge in [0.1, 0.15) is 0 Å². The van der Waals surface area contributed by atoms with Crippen LogP contribution in [0.1, 0.15) is 38.5 Å². The van der Waals surface area contributed by atoms with E-state index < -0.39 is 20.2 Å². The lowest BCUT2D eigenvalue weighted by Gasteiger charge is -2.04. The second-order valence-electron chi connectivity index (χ2n) is 4.31. The Kier molecular flexibility index (Phi) is 9.54. The minimum atomic E-state index is -3.85. The van der Waals surface area contributed by atoms with Gasteiger partial charge in [-0.05, 0) is 25.7 Å². The fourth-order valence-corrected chi connectivity index (χ4v) is 2.57. The van der Waals surface area contributed by atoms with Crippen molar-refractivity contribution in [2.45, 2.75) is 38.5 Å². The molecule has 0 rings (SSSR count). The smallest absolute Gasteiger partial charge is 0.264 e. The van der Waals surface area contributed by atoms with E-state index in [-0.39, 0.29) is 11.5 Å². The van der Waals surface area contributed by atoms with E-state index >= 15 is 0 Å². The summed E-state index contributed by atoms with van der Waals surface area (Å²) in [7, 11) is -7.71. The molecule has 0 aromatic rings. The predicted molar refractivity (Wildman–Crippen MR) is 71.4 cm³/mol. The van der Waals surface area contributed by atoms with Crippen LogP contribution in [0.4, 0.5) is 0 Å². The quantitative estimate of drug-likeness (QED) is 0.409. The van der Waals surface area contributed by atoms with E-state index in [9.17, 15) is 16.8 Å². The van der Waals surface area contributed by atoms with Gasteiger partial charge in [0.2, 0.25) is 0 Å². The van der Waals surface area contributed by atoms with Gasteiger partial charge >= 0.3 is 0 Å². The van der Waals surface area contributed by atoms with E-state index in [1.165, 1.54) is 0 Å². The molecule has 0 aromatic heterocycles. The highest BCUT2D eigenvalue weighted by Crippen LogP contribution is 2.01. The fourth-order valence-electron chi connectivity index (χ4n) is 1.43. The van der Waals surface area contributed by atoms with Crippen molar-refractivity contribution in [1.82, 2.24) is 0 Å². The van der Waals surface area contributed by atoms with Gasteiger partial charge < -0.3 is 4.74 Å². The van der Waals surface area contributed by atoms with Gasteiger partial charge in [-0.3, -0.25) is 9.11 Å². The van der Waals surface area contributed by atoms with Crippen LogP contribution in [0.25, 0.3) is 0 Å². The number of hydrogen-bond acceptors (Lipinski definition) is 5. The first-order valence-electron chi connectivity index (χ1n) is 6.19. The average molecular weight is 318 g/mol. The van der Waals surface area contributed by atoms with Crippen molar-refractivity contribution >= 4 is 20.2 Å². The third kappa shape index (κ3) is 17.8. The first-order valence-corrected chi connectivity index (χ1v) is 9.40. The van der Waals surface area contributed by atoms with Crippen LogP contribution >= 0.6 is 0 Å². The lowest BCUT2D eigenvalue weighted by Crippen LogP contribution is -2.05. The number of rotatable bonds is 12. The summed E-state index contributed by atoms with van der Waals surface area (Å²) in [5.74, 6) is -0.439. The van der Waals surface area contributed by atoms with Crippen molar-refractivity contribution < 1.29 is 30.7 Å². The van der Waals surface area contributed by atoms with Gasteiger partial charge in [-0.25, -0.2) is 0 Å². The lowest BCUT2D eigenvalue weighted by molar-refractivity contribution is 0.126. The van der Waals surface area contributed by atoms with Gasteiger partial charge in [0.05, 0.1) is 11.5 Å². The van der Waals surface area contributed by atoms with Crippen LogP contribution in [0.15, 0.2) is 0 Å². The van der Waals surface area contributed by atoms with Crippen LogP contribution in [-0.2, 0) is 25.0 Å². The molecule has 7 nitrogen and oxygen atoms in total. The van der Waals surface area contributed by atoms with Gasteiger partial charge in [-0.1, -0.05) is 12.8 Å². The largest absolute Gasteiger partial charge is 0.381 e. The summed E-state index contributed by atoms with van der Waals surface area (Å²) in [5.41, 5.74) is 0. The van der Waals surface area contributed by atoms with Crippen LogP contribution in [0.5, 0.6) is 0 Å². The van der Waals surface area contributed by atoms with Gasteiger partial charge in [0.15, 0.2) is 0 Å². The fraction of sp³-hybridized carbons (Fsp3) is 1.00. The molecular formula is C10H22O7S2. The molecule has 0 radical (unpaired) electrons. The summed E-state index contributed by atoms with van der Waals surface area (Å²) in [6.45, 7) is 1.04. The molecule has 0 amide bonds. The molecule has 0 spiro atoms. The predicted octanol–water partition coefficient (Wildman–Crippen LogP) is 1.12. The number of ether oxygens (including phenoxy) is 1. The molecule has 0 aliphatic rings. The van der Waals surface area contributed by atoms with Crippen LogP contribution < -0.4 is 0 Å². The van der Waals surface area contributed by atoms with Gasteiger partial charge in [-0.15, -0.1) is 0 Å². The van der Waals surface area contributed by atoms with Crippen LogP contribution in [-0.4, -0.2) is 50.7 Å². The first kappa shape index (κ1) is 18.8. The Bertz CT molecular complexity index is 373. The zero-order chi connectivity index (χ0) is 14.8. The molecule has 0 bridgehead atoms. The monoisotopic (exact) mass is 318 g/mol. The molecule has 0 unspecified atom stereocenters. The van der Waals surface area contributed by atoms with Crippen molar-refractivity contribution in [3.63, 3.8) is 0 Å². The van der Waals surface area contributed by atoms with Crippen molar-refractivity contribution in [1.29, 1.82) is 0 Å². The van der Waals surface area contributed by atoms with Crippen LogP contribution in [0.2, 0.25) is 0 Å². The van der Waals surface area contributed by atoms with E-state index in [1.807, 2.05) is 0 Å². The van der Waals surface area contributed by atoms with Crippen LogP contribution in [0.3, 0.4) is 0 Å². The van der Waals surface area contributed by atoms with E-state index in [0.29, 0.717) is 38.9 Å². The van der Waals surface area contributed by atoms with Crippen molar-refractivity contribution in [2.24, 2.45) is 0 Å². The van der Waals surface area contributed by atoms with Crippen molar-refractivity contribution in [3.05, 3.63) is 0 Å². The molecule has 116 valence electrons. The van der Waals surface area contributed by atoms with Crippen molar-refractivity contribution in [3.8, 4) is 0 Å². The zero-order valence-corrected chi connectivity index (χ0v) is 12.5. The average Bonchev–Trinajstić information content (AvgIpc) is 2.22. The summed E-state index contributed by atoms with van der Waals surface area (Å²) in [4.78, 5) is 0. The molecule has 0 aliphatic carbocycles.